The number of aryl methyl sites for hydroxylation is 1. The zero-order valence-corrected chi connectivity index (χ0v) is 18.0. The molecule has 0 amide bonds. The molecule has 0 unspecified atom stereocenters. The van der Waals surface area contributed by atoms with Crippen molar-refractivity contribution < 1.29 is 10.0 Å². The fourth-order valence-corrected chi connectivity index (χ4v) is 5.39. The number of fused-ring (bicyclic) bond motifs is 1. The Morgan fingerprint density at radius 1 is 1.16 bits per heavy atom. The van der Waals surface area contributed by atoms with Gasteiger partial charge in [-0.1, -0.05) is 37.5 Å². The maximum atomic E-state index is 13.3. The van der Waals surface area contributed by atoms with Gasteiger partial charge in [0.2, 0.25) is 5.82 Å². The van der Waals surface area contributed by atoms with Crippen LogP contribution >= 0.6 is 0 Å². The lowest BCUT2D eigenvalue weighted by molar-refractivity contribution is -0.932. The third kappa shape index (κ3) is 3.90. The molecule has 8 heteroatoms. The van der Waals surface area contributed by atoms with Gasteiger partial charge in [0.25, 0.3) is 5.56 Å². The minimum Gasteiger partial charge on any atom is -0.393 e. The summed E-state index contributed by atoms with van der Waals surface area (Å²) in [6.07, 6.45) is 6.97. The molecule has 2 fully saturated rings. The third-order valence-electron chi connectivity index (χ3n) is 7.13. The van der Waals surface area contributed by atoms with Crippen molar-refractivity contribution in [3.63, 3.8) is 0 Å². The minimum absolute atomic E-state index is 0.0800. The molecule has 1 atom stereocenters. The quantitative estimate of drug-likeness (QED) is 0.590. The summed E-state index contributed by atoms with van der Waals surface area (Å²) in [4.78, 5) is 17.7. The number of aromatic amines is 1. The normalized spacial score (nSPS) is 23.8. The van der Waals surface area contributed by atoms with Crippen molar-refractivity contribution in [2.75, 3.05) is 13.1 Å². The van der Waals surface area contributed by atoms with Crippen molar-refractivity contribution in [1.82, 2.24) is 25.2 Å². The number of hydrogen-bond acceptors (Lipinski definition) is 5. The molecule has 5 rings (SSSR count). The van der Waals surface area contributed by atoms with Gasteiger partial charge in [-0.2, -0.15) is 0 Å². The van der Waals surface area contributed by atoms with Gasteiger partial charge in [0, 0.05) is 12.8 Å². The van der Waals surface area contributed by atoms with E-state index in [2.05, 4.69) is 20.5 Å². The lowest BCUT2D eigenvalue weighted by Gasteiger charge is -2.33. The lowest BCUT2D eigenvalue weighted by atomic mass is 9.94. The summed E-state index contributed by atoms with van der Waals surface area (Å²) in [5, 5.41) is 24.0. The fraction of sp³-hybridized carbons (Fsp3) is 0.565. The van der Waals surface area contributed by atoms with Crippen LogP contribution < -0.4 is 10.5 Å². The average Bonchev–Trinajstić information content (AvgIpc) is 3.26. The van der Waals surface area contributed by atoms with E-state index in [1.54, 1.807) is 0 Å². The number of benzene rings is 1. The number of para-hydroxylation sites is 1. The van der Waals surface area contributed by atoms with Gasteiger partial charge in [-0.3, -0.25) is 4.79 Å². The molecule has 1 saturated heterocycles. The van der Waals surface area contributed by atoms with E-state index in [0.29, 0.717) is 5.56 Å². The highest BCUT2D eigenvalue weighted by molar-refractivity contribution is 5.82. The van der Waals surface area contributed by atoms with Crippen molar-refractivity contribution in [2.24, 2.45) is 0 Å². The Kier molecular flexibility index (Phi) is 5.58. The Morgan fingerprint density at radius 3 is 2.71 bits per heavy atom. The van der Waals surface area contributed by atoms with Gasteiger partial charge >= 0.3 is 0 Å². The number of hydrogen-bond donors (Lipinski definition) is 3. The predicted octanol–water partition coefficient (Wildman–Crippen LogP) is 1.46. The molecule has 1 aromatic carbocycles. The molecule has 164 valence electrons. The van der Waals surface area contributed by atoms with Crippen molar-refractivity contribution >= 4 is 10.9 Å². The van der Waals surface area contributed by atoms with E-state index in [9.17, 15) is 9.90 Å². The number of nitrogens with zero attached hydrogens (tertiary/aromatic N) is 4. The van der Waals surface area contributed by atoms with Crippen LogP contribution in [0.4, 0.5) is 0 Å². The minimum atomic E-state index is -0.267. The van der Waals surface area contributed by atoms with Gasteiger partial charge in [0.15, 0.2) is 6.04 Å². The van der Waals surface area contributed by atoms with Crippen LogP contribution in [0.15, 0.2) is 29.1 Å². The molecular formula is C23H31N6O2+. The van der Waals surface area contributed by atoms with Gasteiger partial charge in [0.05, 0.1) is 36.3 Å². The Morgan fingerprint density at radius 2 is 1.94 bits per heavy atom. The molecule has 0 radical (unpaired) electrons. The largest absolute Gasteiger partial charge is 0.393 e. The second-order valence-corrected chi connectivity index (χ2v) is 9.19. The van der Waals surface area contributed by atoms with Crippen LogP contribution in [0.2, 0.25) is 0 Å². The number of aliphatic hydroxyl groups is 1. The SMILES string of the molecule is Cc1cccc2cc([C@H](c3nnnn3C3CCCCC3)[NH+]3CCC(O)CC3)c(=O)[nH]c12. The van der Waals surface area contributed by atoms with Gasteiger partial charge in [-0.15, -0.1) is 5.10 Å². The number of pyridine rings is 1. The maximum absolute atomic E-state index is 13.3. The lowest BCUT2D eigenvalue weighted by Crippen LogP contribution is -3.14. The first kappa shape index (κ1) is 20.3. The van der Waals surface area contributed by atoms with Crippen LogP contribution in [-0.2, 0) is 0 Å². The van der Waals surface area contributed by atoms with E-state index in [0.717, 1.165) is 61.1 Å². The van der Waals surface area contributed by atoms with E-state index >= 15 is 0 Å². The first-order chi connectivity index (χ1) is 15.1. The first-order valence-corrected chi connectivity index (χ1v) is 11.5. The standard InChI is InChI=1S/C23H30N6O2/c1-15-6-5-7-16-14-19(23(31)24-20(15)16)21(28-12-10-18(30)11-13-28)22-25-26-27-29(22)17-8-3-2-4-9-17/h5-7,14,17-18,21,30H,2-4,8-13H2,1H3,(H,24,31)/p+1/t21-/m1/s1. The number of piperidine rings is 1. The molecule has 2 aromatic heterocycles. The predicted molar refractivity (Wildman–Crippen MR) is 117 cm³/mol. The highest BCUT2D eigenvalue weighted by Crippen LogP contribution is 2.30. The molecule has 3 N–H and O–H groups in total. The van der Waals surface area contributed by atoms with Gasteiger partial charge in [-0.05, 0) is 47.2 Å². The van der Waals surface area contributed by atoms with E-state index in [4.69, 9.17) is 0 Å². The number of rotatable bonds is 4. The number of likely N-dealkylation sites (tertiary alicyclic amines) is 1. The van der Waals surface area contributed by atoms with Crippen LogP contribution in [0.3, 0.4) is 0 Å². The molecule has 0 bridgehead atoms. The molecule has 3 aromatic rings. The average molecular weight is 424 g/mol. The number of H-pyrrole nitrogens is 1. The van der Waals surface area contributed by atoms with Crippen LogP contribution in [-0.4, -0.2) is 49.5 Å². The molecular weight excluding hydrogens is 392 g/mol. The summed E-state index contributed by atoms with van der Waals surface area (Å²) in [5.74, 6) is 0.774. The number of quaternary nitrogens is 1. The van der Waals surface area contributed by atoms with Crippen molar-refractivity contribution in [2.45, 2.75) is 70.1 Å². The summed E-state index contributed by atoms with van der Waals surface area (Å²) >= 11 is 0. The molecule has 0 spiro atoms. The molecule has 31 heavy (non-hydrogen) atoms. The highest BCUT2D eigenvalue weighted by atomic mass is 16.3. The highest BCUT2D eigenvalue weighted by Gasteiger charge is 2.37. The Bertz CT molecular complexity index is 1110. The number of aliphatic hydroxyl groups excluding tert-OH is 1. The van der Waals surface area contributed by atoms with Crippen LogP contribution in [0.1, 0.15) is 74.0 Å². The van der Waals surface area contributed by atoms with Crippen LogP contribution in [0, 0.1) is 6.92 Å². The second kappa shape index (κ2) is 8.51. The Balaban J connectivity index is 1.63. The molecule has 1 aliphatic carbocycles. The molecule has 1 aliphatic heterocycles. The Hall–Kier alpha value is -2.58. The topological polar surface area (TPSA) is 101 Å². The summed E-state index contributed by atoms with van der Waals surface area (Å²) in [7, 11) is 0. The maximum Gasteiger partial charge on any atom is 0.258 e. The molecule has 3 heterocycles. The molecule has 1 saturated carbocycles. The van der Waals surface area contributed by atoms with Crippen LogP contribution in [0.25, 0.3) is 10.9 Å². The number of aromatic nitrogens is 5. The van der Waals surface area contributed by atoms with Crippen molar-refractivity contribution in [1.29, 1.82) is 0 Å². The molecule has 2 aliphatic rings. The van der Waals surface area contributed by atoms with E-state index in [1.807, 2.05) is 35.9 Å². The first-order valence-electron chi connectivity index (χ1n) is 11.5. The van der Waals surface area contributed by atoms with E-state index < -0.39 is 0 Å². The monoisotopic (exact) mass is 423 g/mol. The Labute approximate surface area is 181 Å². The van der Waals surface area contributed by atoms with E-state index in [-0.39, 0.29) is 23.7 Å². The van der Waals surface area contributed by atoms with Gasteiger partial charge in [0.1, 0.15) is 0 Å². The van der Waals surface area contributed by atoms with Gasteiger partial charge in [-0.25, -0.2) is 4.68 Å². The van der Waals surface area contributed by atoms with E-state index in [1.165, 1.54) is 24.2 Å². The van der Waals surface area contributed by atoms with Crippen molar-refractivity contribution in [3.05, 3.63) is 51.6 Å². The fourth-order valence-electron chi connectivity index (χ4n) is 5.39. The summed E-state index contributed by atoms with van der Waals surface area (Å²) < 4.78 is 1.99. The number of nitrogens with one attached hydrogen (secondary N) is 2. The third-order valence-corrected chi connectivity index (χ3v) is 7.13. The smallest absolute Gasteiger partial charge is 0.258 e. The summed E-state index contributed by atoms with van der Waals surface area (Å²) in [6, 6.07) is 8.12. The zero-order valence-electron chi connectivity index (χ0n) is 18.0. The summed E-state index contributed by atoms with van der Waals surface area (Å²) in [5.41, 5.74) is 2.56. The van der Waals surface area contributed by atoms with Gasteiger partial charge < -0.3 is 15.0 Å². The zero-order chi connectivity index (χ0) is 21.4. The summed E-state index contributed by atoms with van der Waals surface area (Å²) in [6.45, 7) is 3.58. The van der Waals surface area contributed by atoms with Crippen LogP contribution in [0.5, 0.6) is 0 Å². The number of tetrazole rings is 1. The molecule has 8 nitrogen and oxygen atoms in total. The second-order valence-electron chi connectivity index (χ2n) is 9.19. The van der Waals surface area contributed by atoms with Crippen molar-refractivity contribution in [3.8, 4) is 0 Å².